The highest BCUT2D eigenvalue weighted by molar-refractivity contribution is 5.99. The summed E-state index contributed by atoms with van der Waals surface area (Å²) in [4.78, 5) is 43.0. The Hall–Kier alpha value is -3.55. The minimum Gasteiger partial charge on any atom is -0.497 e. The summed E-state index contributed by atoms with van der Waals surface area (Å²) in [5, 5.41) is 5.84. The van der Waals surface area contributed by atoms with Crippen LogP contribution in [0.15, 0.2) is 48.5 Å². The number of methoxy groups -OCH3 is 1. The minimum atomic E-state index is -0.904. The lowest BCUT2D eigenvalue weighted by Gasteiger charge is -2.36. The second-order valence-electron chi connectivity index (χ2n) is 11.8. The molecule has 3 unspecified atom stereocenters. The van der Waals surface area contributed by atoms with Gasteiger partial charge >= 0.3 is 6.09 Å². The second kappa shape index (κ2) is 16.8. The number of benzene rings is 2. The van der Waals surface area contributed by atoms with E-state index in [1.165, 1.54) is 0 Å². The number of hydrogen-bond acceptors (Lipinski definition) is 5. The predicted molar refractivity (Wildman–Crippen MR) is 169 cm³/mol. The third-order valence-corrected chi connectivity index (χ3v) is 7.31. The number of carbonyl (C=O) groups excluding carboxylic acids is 3. The summed E-state index contributed by atoms with van der Waals surface area (Å²) in [5.41, 5.74) is 1.73. The molecule has 0 aliphatic carbocycles. The van der Waals surface area contributed by atoms with Crippen molar-refractivity contribution in [2.24, 2.45) is 5.92 Å². The molecule has 8 heteroatoms. The summed E-state index contributed by atoms with van der Waals surface area (Å²) in [7, 11) is 1.59. The molecule has 2 rings (SSSR count). The highest BCUT2D eigenvalue weighted by atomic mass is 16.6. The Morgan fingerprint density at radius 1 is 0.905 bits per heavy atom. The van der Waals surface area contributed by atoms with Gasteiger partial charge in [0, 0.05) is 12.2 Å². The zero-order valence-electron chi connectivity index (χ0n) is 26.8. The molecule has 0 saturated carbocycles. The Morgan fingerprint density at radius 3 is 2.07 bits per heavy atom. The van der Waals surface area contributed by atoms with Crippen LogP contribution in [0.2, 0.25) is 0 Å². The number of amides is 3. The van der Waals surface area contributed by atoms with Gasteiger partial charge in [0.25, 0.3) is 5.91 Å². The van der Waals surface area contributed by atoms with Crippen LogP contribution in [0, 0.1) is 5.92 Å². The summed E-state index contributed by atoms with van der Waals surface area (Å²) < 4.78 is 10.8. The maximum atomic E-state index is 14.4. The lowest BCUT2D eigenvalue weighted by Crippen LogP contribution is -2.55. The normalized spacial score (nSPS) is 13.4. The van der Waals surface area contributed by atoms with Crippen molar-refractivity contribution in [3.05, 3.63) is 59.7 Å². The molecule has 0 spiro atoms. The number of ether oxygens (including phenoxy) is 2. The van der Waals surface area contributed by atoms with Crippen LogP contribution < -0.4 is 15.4 Å². The highest BCUT2D eigenvalue weighted by Crippen LogP contribution is 2.28. The minimum absolute atomic E-state index is 0.184. The number of alkyl carbamates (subject to hydrolysis) is 1. The van der Waals surface area contributed by atoms with Crippen LogP contribution in [0.1, 0.15) is 97.7 Å². The molecule has 3 amide bonds. The lowest BCUT2D eigenvalue weighted by molar-refractivity contribution is -0.142. The Morgan fingerprint density at radius 2 is 1.55 bits per heavy atom. The van der Waals surface area contributed by atoms with E-state index in [0.29, 0.717) is 30.0 Å². The fraction of sp³-hybridized carbons (Fsp3) is 0.559. The summed E-state index contributed by atoms with van der Waals surface area (Å²) >= 11 is 0. The van der Waals surface area contributed by atoms with Crippen LogP contribution in [0.5, 0.6) is 5.75 Å². The molecule has 2 N–H and O–H groups in total. The van der Waals surface area contributed by atoms with Gasteiger partial charge in [-0.2, -0.15) is 0 Å². The number of carbonyl (C=O) groups is 3. The van der Waals surface area contributed by atoms with Crippen molar-refractivity contribution in [3.8, 4) is 5.75 Å². The first kappa shape index (κ1) is 34.7. The van der Waals surface area contributed by atoms with Crippen LogP contribution in [-0.4, -0.2) is 48.1 Å². The van der Waals surface area contributed by atoms with E-state index in [-0.39, 0.29) is 17.7 Å². The van der Waals surface area contributed by atoms with E-state index in [1.807, 2.05) is 38.1 Å². The molecule has 2 aromatic rings. The lowest BCUT2D eigenvalue weighted by atomic mass is 9.95. The largest absolute Gasteiger partial charge is 0.497 e. The average Bonchev–Trinajstić information content (AvgIpc) is 2.96. The SMILES string of the molecule is CCCCCCN(C(=O)C(NC(=O)OC(C)(C)C)C(C)CC)C(C(=O)Nc1ccc(OC)cc1)c1ccc(CC)cc1. The fourth-order valence-electron chi connectivity index (χ4n) is 4.67. The molecule has 8 nitrogen and oxygen atoms in total. The molecular weight excluding hydrogens is 530 g/mol. The molecule has 0 aromatic heterocycles. The van der Waals surface area contributed by atoms with Crippen LogP contribution in [0.3, 0.4) is 0 Å². The summed E-state index contributed by atoms with van der Waals surface area (Å²) in [5.74, 6) is -0.137. The molecular formula is C34H51N3O5. The third-order valence-electron chi connectivity index (χ3n) is 7.31. The van der Waals surface area contributed by atoms with Gasteiger partial charge in [-0.3, -0.25) is 9.59 Å². The number of rotatable bonds is 15. The molecule has 42 heavy (non-hydrogen) atoms. The summed E-state index contributed by atoms with van der Waals surface area (Å²) in [6, 6.07) is 13.2. The van der Waals surface area contributed by atoms with E-state index in [4.69, 9.17) is 9.47 Å². The highest BCUT2D eigenvalue weighted by Gasteiger charge is 2.38. The van der Waals surface area contributed by atoms with Crippen molar-refractivity contribution < 1.29 is 23.9 Å². The molecule has 0 bridgehead atoms. The Kier molecular flexibility index (Phi) is 13.8. The smallest absolute Gasteiger partial charge is 0.408 e. The fourth-order valence-corrected chi connectivity index (χ4v) is 4.67. The monoisotopic (exact) mass is 581 g/mol. The molecule has 232 valence electrons. The van der Waals surface area contributed by atoms with Crippen LogP contribution in [-0.2, 0) is 20.7 Å². The van der Waals surface area contributed by atoms with Crippen molar-refractivity contribution in [2.45, 2.75) is 105 Å². The van der Waals surface area contributed by atoms with E-state index in [9.17, 15) is 14.4 Å². The van der Waals surface area contributed by atoms with E-state index in [2.05, 4.69) is 24.5 Å². The van der Waals surface area contributed by atoms with Gasteiger partial charge in [0.15, 0.2) is 0 Å². The number of hydrogen-bond donors (Lipinski definition) is 2. The molecule has 3 atom stereocenters. The average molecular weight is 582 g/mol. The van der Waals surface area contributed by atoms with E-state index < -0.39 is 23.8 Å². The van der Waals surface area contributed by atoms with Gasteiger partial charge in [-0.05, 0) is 74.9 Å². The summed E-state index contributed by atoms with van der Waals surface area (Å²) in [6.45, 7) is 13.8. The standard InChI is InChI=1S/C34H51N3O5/c1-9-12-13-14-23-37(32(39)29(24(4)10-2)36-33(40)42-34(5,6)7)30(26-17-15-25(11-3)16-18-26)31(38)35-27-19-21-28(41-8)22-20-27/h15-22,24,29-30H,9-14,23H2,1-8H3,(H,35,38)(H,36,40). The van der Waals surface area contributed by atoms with Crippen molar-refractivity contribution in [1.29, 1.82) is 0 Å². The van der Waals surface area contributed by atoms with Crippen molar-refractivity contribution in [1.82, 2.24) is 10.2 Å². The Balaban J connectivity index is 2.55. The van der Waals surface area contributed by atoms with Crippen LogP contribution >= 0.6 is 0 Å². The molecule has 0 saturated heterocycles. The van der Waals surface area contributed by atoms with Crippen LogP contribution in [0.4, 0.5) is 10.5 Å². The van der Waals surface area contributed by atoms with Gasteiger partial charge in [0.05, 0.1) is 7.11 Å². The molecule has 0 heterocycles. The topological polar surface area (TPSA) is 97.0 Å². The number of nitrogens with one attached hydrogen (secondary N) is 2. The van der Waals surface area contributed by atoms with Gasteiger partial charge < -0.3 is 25.0 Å². The number of nitrogens with zero attached hydrogens (tertiary/aromatic N) is 1. The molecule has 2 aromatic carbocycles. The first-order chi connectivity index (χ1) is 19.9. The van der Waals surface area contributed by atoms with Gasteiger partial charge in [-0.25, -0.2) is 4.79 Å². The number of anilines is 1. The maximum absolute atomic E-state index is 14.4. The number of unbranched alkanes of at least 4 members (excludes halogenated alkanes) is 3. The quantitative estimate of drug-likeness (QED) is 0.215. The van der Waals surface area contributed by atoms with Crippen LogP contribution in [0.25, 0.3) is 0 Å². The van der Waals surface area contributed by atoms with Gasteiger partial charge in [-0.1, -0.05) is 77.6 Å². The van der Waals surface area contributed by atoms with Crippen molar-refractivity contribution in [2.75, 3.05) is 19.0 Å². The Bertz CT molecular complexity index is 1130. The van der Waals surface area contributed by atoms with Gasteiger partial charge in [0.2, 0.25) is 5.91 Å². The molecule has 0 aliphatic rings. The van der Waals surface area contributed by atoms with Crippen molar-refractivity contribution >= 4 is 23.6 Å². The van der Waals surface area contributed by atoms with Gasteiger partial charge in [-0.15, -0.1) is 0 Å². The first-order valence-corrected chi connectivity index (χ1v) is 15.3. The number of aryl methyl sites for hydroxylation is 1. The Labute approximate surface area is 252 Å². The molecule has 0 aliphatic heterocycles. The predicted octanol–water partition coefficient (Wildman–Crippen LogP) is 7.29. The van der Waals surface area contributed by atoms with E-state index in [0.717, 1.165) is 37.7 Å². The first-order valence-electron chi connectivity index (χ1n) is 15.3. The third kappa shape index (κ3) is 10.7. The van der Waals surface area contributed by atoms with E-state index in [1.54, 1.807) is 57.0 Å². The zero-order valence-corrected chi connectivity index (χ0v) is 26.8. The molecule has 0 fully saturated rings. The van der Waals surface area contributed by atoms with Gasteiger partial charge in [0.1, 0.15) is 23.4 Å². The zero-order chi connectivity index (χ0) is 31.3. The maximum Gasteiger partial charge on any atom is 0.408 e. The second-order valence-corrected chi connectivity index (χ2v) is 11.8. The van der Waals surface area contributed by atoms with E-state index >= 15 is 0 Å². The molecule has 0 radical (unpaired) electrons. The summed E-state index contributed by atoms with van der Waals surface area (Å²) in [6.07, 6.45) is 4.60. The van der Waals surface area contributed by atoms with Crippen molar-refractivity contribution in [3.63, 3.8) is 0 Å².